The van der Waals surface area contributed by atoms with Crippen LogP contribution in [0.15, 0.2) is 30.3 Å². The van der Waals surface area contributed by atoms with Crippen molar-refractivity contribution in [1.82, 2.24) is 0 Å². The molecule has 1 aliphatic rings. The van der Waals surface area contributed by atoms with Gasteiger partial charge in [0, 0.05) is 34.8 Å². The number of esters is 4. The maximum absolute atomic E-state index is 14.2. The molecule has 2 unspecified atom stereocenters. The quantitative estimate of drug-likeness (QED) is 0.280. The van der Waals surface area contributed by atoms with Crippen molar-refractivity contribution in [1.29, 1.82) is 0 Å². The second-order valence-corrected chi connectivity index (χ2v) is 10.4. The molecule has 6 atom stereocenters. The van der Waals surface area contributed by atoms with E-state index in [-0.39, 0.29) is 13.2 Å². The van der Waals surface area contributed by atoms with Crippen LogP contribution in [0.5, 0.6) is 0 Å². The van der Waals surface area contributed by atoms with Crippen molar-refractivity contribution in [3.8, 4) is 0 Å². The summed E-state index contributed by atoms with van der Waals surface area (Å²) in [6, 6.07) is 9.11. The highest BCUT2D eigenvalue weighted by molar-refractivity contribution is 7.60. The average molecular weight is 500 g/mol. The van der Waals surface area contributed by atoms with E-state index >= 15 is 0 Å². The molecule has 0 radical (unpaired) electrons. The number of ether oxygens (including phenoxy) is 5. The summed E-state index contributed by atoms with van der Waals surface area (Å²) in [4.78, 5) is 47.6. The summed E-state index contributed by atoms with van der Waals surface area (Å²) in [5.41, 5.74) is -0.397. The zero-order valence-corrected chi connectivity index (χ0v) is 20.5. The van der Waals surface area contributed by atoms with Crippen molar-refractivity contribution in [3.05, 3.63) is 35.9 Å². The Balaban J connectivity index is 2.54. The van der Waals surface area contributed by atoms with Gasteiger partial charge in [0.1, 0.15) is 5.66 Å². The molecule has 0 bridgehead atoms. The minimum atomic E-state index is -4.11. The third-order valence-corrected chi connectivity index (χ3v) is 8.05. The largest absolute Gasteiger partial charge is 0.457 e. The van der Waals surface area contributed by atoms with E-state index in [9.17, 15) is 23.7 Å². The number of benzene rings is 1. The van der Waals surface area contributed by atoms with Crippen molar-refractivity contribution in [3.63, 3.8) is 0 Å². The molecule has 0 N–H and O–H groups in total. The standard InChI is InChI=1S/C22H29O11P/c1-13(23)30-19-18(12-29-11-17-9-7-6-8-10-17)34(27,28-5)22(33-16(4)26)21(32-15(3)25)20(19)31-14(2)24/h6-10,18-22H,11-12H2,1-5H3/t18-,19+,20-,21-,22?,34?/m0/s1. The Morgan fingerprint density at radius 2 is 1.26 bits per heavy atom. The van der Waals surface area contributed by atoms with Crippen LogP contribution in [-0.2, 0) is 58.6 Å². The third kappa shape index (κ3) is 6.88. The van der Waals surface area contributed by atoms with Crippen LogP contribution in [0.25, 0.3) is 0 Å². The molecule has 34 heavy (non-hydrogen) atoms. The molecule has 1 aromatic carbocycles. The average Bonchev–Trinajstić information content (AvgIpc) is 2.75. The Hall–Kier alpha value is -2.75. The summed E-state index contributed by atoms with van der Waals surface area (Å²) >= 11 is 0. The second kappa shape index (κ2) is 12.1. The molecule has 1 saturated heterocycles. The Labute approximate surface area is 197 Å². The summed E-state index contributed by atoms with van der Waals surface area (Å²) in [5, 5.41) is 0. The van der Waals surface area contributed by atoms with Gasteiger partial charge in [0.25, 0.3) is 7.37 Å². The van der Waals surface area contributed by atoms with E-state index in [0.29, 0.717) is 0 Å². The number of hydrogen-bond acceptors (Lipinski definition) is 11. The molecule has 12 heteroatoms. The molecule has 1 aromatic rings. The van der Waals surface area contributed by atoms with Gasteiger partial charge in [-0.25, -0.2) is 0 Å². The minimum absolute atomic E-state index is 0.123. The number of carbonyl (C=O) groups excluding carboxylic acids is 4. The Morgan fingerprint density at radius 1 is 0.765 bits per heavy atom. The van der Waals surface area contributed by atoms with Gasteiger partial charge in [0.15, 0.2) is 18.3 Å². The number of hydrogen-bond donors (Lipinski definition) is 0. The van der Waals surface area contributed by atoms with Crippen LogP contribution in [0.4, 0.5) is 0 Å². The molecule has 1 fully saturated rings. The van der Waals surface area contributed by atoms with Gasteiger partial charge in [-0.1, -0.05) is 30.3 Å². The van der Waals surface area contributed by atoms with E-state index in [1.165, 1.54) is 0 Å². The summed E-state index contributed by atoms with van der Waals surface area (Å²) in [5.74, 6) is -4.87. The van der Waals surface area contributed by atoms with Crippen LogP contribution in [0, 0.1) is 0 Å². The molecular weight excluding hydrogens is 471 g/mol. The van der Waals surface area contributed by atoms with E-state index in [4.69, 9.17) is 28.2 Å². The minimum Gasteiger partial charge on any atom is -0.457 e. The summed E-state index contributed by atoms with van der Waals surface area (Å²) in [6.45, 7) is 4.21. The molecule has 0 amide bonds. The maximum atomic E-state index is 14.2. The predicted molar refractivity (Wildman–Crippen MR) is 117 cm³/mol. The topological polar surface area (TPSA) is 141 Å². The number of carbonyl (C=O) groups is 4. The summed E-state index contributed by atoms with van der Waals surface area (Å²) < 4.78 is 46.6. The molecule has 11 nitrogen and oxygen atoms in total. The highest BCUT2D eigenvalue weighted by atomic mass is 31.2. The Morgan fingerprint density at radius 3 is 1.76 bits per heavy atom. The van der Waals surface area contributed by atoms with Crippen molar-refractivity contribution in [2.75, 3.05) is 13.7 Å². The van der Waals surface area contributed by atoms with Crippen LogP contribution in [0.3, 0.4) is 0 Å². The van der Waals surface area contributed by atoms with Crippen LogP contribution in [-0.4, -0.2) is 67.4 Å². The van der Waals surface area contributed by atoms with Gasteiger partial charge < -0.3 is 28.2 Å². The molecule has 1 aliphatic heterocycles. The first-order valence-electron chi connectivity index (χ1n) is 10.4. The zero-order valence-electron chi connectivity index (χ0n) is 19.6. The fourth-order valence-electron chi connectivity index (χ4n) is 3.77. The van der Waals surface area contributed by atoms with Gasteiger partial charge in [-0.2, -0.15) is 0 Å². The van der Waals surface area contributed by atoms with E-state index in [0.717, 1.165) is 40.4 Å². The molecular formula is C22H29O11P. The van der Waals surface area contributed by atoms with Gasteiger partial charge >= 0.3 is 23.9 Å². The first kappa shape index (κ1) is 27.5. The normalized spacial score (nSPS) is 28.4. The number of rotatable bonds is 9. The van der Waals surface area contributed by atoms with Gasteiger partial charge in [-0.3, -0.25) is 23.7 Å². The second-order valence-electron chi connectivity index (χ2n) is 7.62. The van der Waals surface area contributed by atoms with Crippen LogP contribution in [0.1, 0.15) is 33.3 Å². The van der Waals surface area contributed by atoms with Crippen molar-refractivity contribution >= 4 is 31.2 Å². The molecule has 2 rings (SSSR count). The molecule has 1 heterocycles. The van der Waals surface area contributed by atoms with Gasteiger partial charge in [-0.05, 0) is 5.56 Å². The first-order chi connectivity index (χ1) is 16.0. The fourth-order valence-corrected chi connectivity index (χ4v) is 6.51. The fraction of sp³-hybridized carbons (Fsp3) is 0.545. The van der Waals surface area contributed by atoms with E-state index < -0.39 is 61.1 Å². The van der Waals surface area contributed by atoms with Crippen molar-refractivity contribution in [2.45, 2.75) is 64.1 Å². The molecule has 0 aromatic heterocycles. The lowest BCUT2D eigenvalue weighted by molar-refractivity contribution is -0.198. The van der Waals surface area contributed by atoms with Gasteiger partial charge in [0.2, 0.25) is 5.85 Å². The zero-order chi connectivity index (χ0) is 25.5. The lowest BCUT2D eigenvalue weighted by atomic mass is 10.0. The lowest BCUT2D eigenvalue weighted by Gasteiger charge is -2.47. The van der Waals surface area contributed by atoms with Crippen LogP contribution < -0.4 is 0 Å². The predicted octanol–water partition coefficient (Wildman–Crippen LogP) is 2.19. The Bertz CT molecular complexity index is 932. The molecule has 0 aliphatic carbocycles. The van der Waals surface area contributed by atoms with E-state index in [2.05, 4.69) is 0 Å². The Kier molecular flexibility index (Phi) is 9.78. The lowest BCUT2D eigenvalue weighted by Crippen LogP contribution is -2.61. The summed E-state index contributed by atoms with van der Waals surface area (Å²) in [6.07, 6.45) is -4.40. The monoisotopic (exact) mass is 500 g/mol. The first-order valence-corrected chi connectivity index (χ1v) is 12.2. The van der Waals surface area contributed by atoms with E-state index in [1.807, 2.05) is 30.3 Å². The maximum Gasteiger partial charge on any atom is 0.303 e. The van der Waals surface area contributed by atoms with Crippen molar-refractivity contribution < 1.29 is 52.0 Å². The van der Waals surface area contributed by atoms with Gasteiger partial charge in [-0.15, -0.1) is 0 Å². The SMILES string of the molecule is COP1(=O)C(OC(C)=O)[C@@H](OC(C)=O)[C@@H](OC(C)=O)[C@H](OC(C)=O)[C@@H]1COCc1ccccc1. The molecule has 0 spiro atoms. The van der Waals surface area contributed by atoms with Gasteiger partial charge in [0.05, 0.1) is 13.2 Å². The van der Waals surface area contributed by atoms with Crippen LogP contribution >= 0.6 is 7.37 Å². The molecule has 0 saturated carbocycles. The van der Waals surface area contributed by atoms with E-state index in [1.54, 1.807) is 0 Å². The molecule has 188 valence electrons. The highest BCUT2D eigenvalue weighted by Crippen LogP contribution is 2.63. The third-order valence-electron chi connectivity index (χ3n) is 5.00. The summed E-state index contributed by atoms with van der Waals surface area (Å²) in [7, 11) is -2.98. The smallest absolute Gasteiger partial charge is 0.303 e. The highest BCUT2D eigenvalue weighted by Gasteiger charge is 2.64. The van der Waals surface area contributed by atoms with Crippen molar-refractivity contribution in [2.24, 2.45) is 0 Å². The van der Waals surface area contributed by atoms with Crippen LogP contribution in [0.2, 0.25) is 0 Å².